The summed E-state index contributed by atoms with van der Waals surface area (Å²) in [6.45, 7) is 6.38. The smallest absolute Gasteiger partial charge is 0.260 e. The van der Waals surface area contributed by atoms with Crippen LogP contribution in [0, 0.1) is 5.92 Å². The number of carbonyl (C=O) groups is 2. The van der Waals surface area contributed by atoms with Gasteiger partial charge in [-0.25, -0.2) is 0 Å². The molecule has 164 valence electrons. The number of hydrogen-bond donors (Lipinski definition) is 0. The second-order valence-corrected chi connectivity index (χ2v) is 10.2. The van der Waals surface area contributed by atoms with E-state index in [0.717, 1.165) is 24.2 Å². The normalized spacial score (nSPS) is 23.8. The molecular weight excluding hydrogens is 412 g/mol. The van der Waals surface area contributed by atoms with Crippen LogP contribution in [0.15, 0.2) is 35.7 Å². The Hall–Kier alpha value is -2.54. The molecule has 31 heavy (non-hydrogen) atoms. The molecule has 7 heteroatoms. The van der Waals surface area contributed by atoms with Crippen molar-refractivity contribution in [1.82, 2.24) is 9.80 Å². The lowest BCUT2D eigenvalue weighted by atomic mass is 10.0. The molecular formula is C24H28N2O4S. The van der Waals surface area contributed by atoms with Gasteiger partial charge in [-0.15, -0.1) is 11.3 Å². The number of fused-ring (bicyclic) bond motifs is 1. The number of nitrogens with zero attached hydrogens (tertiary/aromatic N) is 2. The number of hydrogen-bond acceptors (Lipinski definition) is 5. The van der Waals surface area contributed by atoms with E-state index in [1.54, 1.807) is 16.2 Å². The monoisotopic (exact) mass is 440 g/mol. The van der Waals surface area contributed by atoms with Crippen molar-refractivity contribution in [3.05, 3.63) is 46.2 Å². The third kappa shape index (κ3) is 4.15. The van der Waals surface area contributed by atoms with Crippen LogP contribution >= 0.6 is 11.3 Å². The Labute approximate surface area is 186 Å². The lowest BCUT2D eigenvalue weighted by molar-refractivity contribution is -0.141. The van der Waals surface area contributed by atoms with Gasteiger partial charge in [0, 0.05) is 54.9 Å². The summed E-state index contributed by atoms with van der Waals surface area (Å²) in [7, 11) is 0. The van der Waals surface area contributed by atoms with Crippen LogP contribution in [0.3, 0.4) is 0 Å². The molecule has 0 N–H and O–H groups in total. The van der Waals surface area contributed by atoms with E-state index in [0.29, 0.717) is 37.8 Å². The van der Waals surface area contributed by atoms with Crippen LogP contribution < -0.4 is 9.47 Å². The lowest BCUT2D eigenvalue weighted by Gasteiger charge is -2.35. The molecule has 1 saturated carbocycles. The Morgan fingerprint density at radius 3 is 2.65 bits per heavy atom. The highest BCUT2D eigenvalue weighted by Crippen LogP contribution is 2.50. The van der Waals surface area contributed by atoms with E-state index in [1.165, 1.54) is 4.88 Å². The zero-order valence-corrected chi connectivity index (χ0v) is 18.8. The van der Waals surface area contributed by atoms with Crippen molar-refractivity contribution in [2.75, 3.05) is 32.8 Å². The summed E-state index contributed by atoms with van der Waals surface area (Å²) in [5, 5.41) is 2.07. The first-order valence-corrected chi connectivity index (χ1v) is 11.8. The zero-order chi connectivity index (χ0) is 21.6. The maximum absolute atomic E-state index is 12.8. The van der Waals surface area contributed by atoms with Crippen LogP contribution in [0.25, 0.3) is 0 Å². The van der Waals surface area contributed by atoms with E-state index in [2.05, 4.69) is 11.4 Å². The highest BCUT2D eigenvalue weighted by atomic mass is 32.1. The van der Waals surface area contributed by atoms with Crippen molar-refractivity contribution in [2.24, 2.45) is 5.92 Å². The van der Waals surface area contributed by atoms with E-state index >= 15 is 0 Å². The molecule has 2 aromatic rings. The van der Waals surface area contributed by atoms with Gasteiger partial charge in [-0.05, 0) is 37.8 Å². The van der Waals surface area contributed by atoms with Gasteiger partial charge in [0.2, 0.25) is 5.91 Å². The van der Waals surface area contributed by atoms with Gasteiger partial charge >= 0.3 is 0 Å². The fourth-order valence-corrected chi connectivity index (χ4v) is 5.53. The molecule has 2 atom stereocenters. The third-order valence-corrected chi connectivity index (χ3v) is 7.37. The topological polar surface area (TPSA) is 59.1 Å². The molecule has 6 nitrogen and oxygen atoms in total. The maximum Gasteiger partial charge on any atom is 0.260 e. The molecule has 0 spiro atoms. The summed E-state index contributed by atoms with van der Waals surface area (Å²) in [5.74, 6) is 2.07. The summed E-state index contributed by atoms with van der Waals surface area (Å²) in [6.07, 6.45) is 1.78. The number of rotatable bonds is 5. The molecule has 3 heterocycles. The maximum atomic E-state index is 12.8. The summed E-state index contributed by atoms with van der Waals surface area (Å²) >= 11 is 1.73. The van der Waals surface area contributed by atoms with Gasteiger partial charge in [0.15, 0.2) is 18.1 Å². The van der Waals surface area contributed by atoms with E-state index in [4.69, 9.17) is 9.47 Å². The van der Waals surface area contributed by atoms with E-state index in [9.17, 15) is 9.59 Å². The Balaban J connectivity index is 1.11. The van der Waals surface area contributed by atoms with Gasteiger partial charge in [0.25, 0.3) is 5.91 Å². The minimum absolute atomic E-state index is 0.0166. The number of carbonyl (C=O) groups excluding carboxylic acids is 2. The second kappa shape index (κ2) is 7.86. The van der Waals surface area contributed by atoms with Crippen molar-refractivity contribution in [3.63, 3.8) is 0 Å². The van der Waals surface area contributed by atoms with Crippen LogP contribution in [-0.2, 0) is 16.0 Å². The molecule has 1 aromatic carbocycles. The van der Waals surface area contributed by atoms with Crippen molar-refractivity contribution in [2.45, 2.75) is 38.2 Å². The highest BCUT2D eigenvalue weighted by Gasteiger charge is 2.46. The third-order valence-electron chi connectivity index (χ3n) is 6.37. The van der Waals surface area contributed by atoms with Crippen molar-refractivity contribution < 1.29 is 19.1 Å². The molecule has 2 aliphatic heterocycles. The first kappa shape index (κ1) is 20.4. The predicted octanol–water partition coefficient (Wildman–Crippen LogP) is 3.31. The van der Waals surface area contributed by atoms with Gasteiger partial charge in [-0.1, -0.05) is 18.2 Å². The fourth-order valence-electron chi connectivity index (χ4n) is 4.63. The number of para-hydroxylation sites is 1. The predicted molar refractivity (Wildman–Crippen MR) is 119 cm³/mol. The summed E-state index contributed by atoms with van der Waals surface area (Å²) in [5.41, 5.74) is 0.863. The Morgan fingerprint density at radius 1 is 1.13 bits per heavy atom. The quantitative estimate of drug-likeness (QED) is 0.716. The molecule has 3 aliphatic rings. The minimum Gasteiger partial charge on any atom is -0.483 e. The largest absolute Gasteiger partial charge is 0.483 e. The summed E-state index contributed by atoms with van der Waals surface area (Å²) < 4.78 is 11.9. The van der Waals surface area contributed by atoms with Crippen LogP contribution in [0.5, 0.6) is 11.5 Å². The number of thiophene rings is 1. The van der Waals surface area contributed by atoms with Crippen molar-refractivity contribution in [1.29, 1.82) is 0 Å². The average Bonchev–Trinajstić information content (AvgIpc) is 3.21. The van der Waals surface area contributed by atoms with Crippen molar-refractivity contribution in [3.8, 4) is 11.5 Å². The second-order valence-electron chi connectivity index (χ2n) is 9.24. The molecule has 0 radical (unpaired) electrons. The molecule has 1 saturated heterocycles. The minimum atomic E-state index is -0.251. The van der Waals surface area contributed by atoms with Crippen LogP contribution in [0.4, 0.5) is 0 Å². The van der Waals surface area contributed by atoms with Gasteiger partial charge < -0.3 is 19.3 Å². The van der Waals surface area contributed by atoms with Crippen molar-refractivity contribution >= 4 is 23.2 Å². The standard InChI is InChI=1S/C24H28N2O4S/c1-24(2)14-16-5-3-6-19(22(16)30-24)29-15-21(27)25-8-10-26(11-9-25)23(28)18-13-17(18)20-7-4-12-31-20/h3-7,12,17-18H,8-11,13-15H2,1-2H3/t17-,18-/m1/s1. The van der Waals surface area contributed by atoms with Gasteiger partial charge in [0.1, 0.15) is 5.60 Å². The molecule has 0 unspecified atom stereocenters. The van der Waals surface area contributed by atoms with Gasteiger partial charge in [-0.3, -0.25) is 9.59 Å². The number of piperazine rings is 1. The first-order valence-electron chi connectivity index (χ1n) is 10.9. The fraction of sp³-hybridized carbons (Fsp3) is 0.500. The van der Waals surface area contributed by atoms with Gasteiger partial charge in [-0.2, -0.15) is 0 Å². The van der Waals surface area contributed by atoms with Crippen LogP contribution in [0.2, 0.25) is 0 Å². The molecule has 2 amide bonds. The number of benzene rings is 1. The van der Waals surface area contributed by atoms with Crippen LogP contribution in [-0.4, -0.2) is 60.0 Å². The molecule has 0 bridgehead atoms. The molecule has 1 aromatic heterocycles. The van der Waals surface area contributed by atoms with E-state index < -0.39 is 0 Å². The van der Waals surface area contributed by atoms with Gasteiger partial charge in [0.05, 0.1) is 0 Å². The lowest BCUT2D eigenvalue weighted by Crippen LogP contribution is -2.52. The SMILES string of the molecule is CC1(C)Cc2cccc(OCC(=O)N3CCN(C(=O)[C@@H]4C[C@H]4c4cccs4)CC3)c2O1. The molecule has 1 aliphatic carbocycles. The average molecular weight is 441 g/mol. The van der Waals surface area contributed by atoms with Crippen LogP contribution in [0.1, 0.15) is 36.6 Å². The number of ether oxygens (including phenoxy) is 2. The zero-order valence-electron chi connectivity index (χ0n) is 18.0. The molecule has 2 fully saturated rings. The number of amides is 2. The Morgan fingerprint density at radius 2 is 1.90 bits per heavy atom. The summed E-state index contributed by atoms with van der Waals surface area (Å²) in [6, 6.07) is 9.99. The Kier molecular flexibility index (Phi) is 5.16. The molecule has 5 rings (SSSR count). The highest BCUT2D eigenvalue weighted by molar-refractivity contribution is 7.10. The van der Waals surface area contributed by atoms with E-state index in [1.807, 2.05) is 43.0 Å². The first-order chi connectivity index (χ1) is 14.9. The Bertz CT molecular complexity index is 979. The summed E-state index contributed by atoms with van der Waals surface area (Å²) in [4.78, 5) is 30.5. The van der Waals surface area contributed by atoms with E-state index in [-0.39, 0.29) is 29.9 Å².